The summed E-state index contributed by atoms with van der Waals surface area (Å²) in [6.07, 6.45) is 0.269. The van der Waals surface area contributed by atoms with E-state index in [9.17, 15) is 4.79 Å². The number of carbonyl (C=O) groups excluding carboxylic acids is 1. The second-order valence-electron chi connectivity index (χ2n) is 5.80. The van der Waals surface area contributed by atoms with Crippen LogP contribution in [0.25, 0.3) is 0 Å². The van der Waals surface area contributed by atoms with E-state index in [2.05, 4.69) is 37.4 Å². The third-order valence-electron chi connectivity index (χ3n) is 4.09. The highest BCUT2D eigenvalue weighted by Gasteiger charge is 2.28. The van der Waals surface area contributed by atoms with Gasteiger partial charge in [0.1, 0.15) is 5.75 Å². The quantitative estimate of drug-likeness (QED) is 0.674. The average molecular weight is 327 g/mol. The molecule has 0 saturated heterocycles. The highest BCUT2D eigenvalue weighted by atomic mass is 32.2. The molecule has 0 fully saturated rings. The molecule has 0 aromatic heterocycles. The maximum Gasteiger partial charge on any atom is 0.261 e. The molecule has 1 atom stereocenters. The fraction of sp³-hybridized carbons (Fsp3) is 0.316. The molecule has 1 unspecified atom stereocenters. The van der Waals surface area contributed by atoms with Gasteiger partial charge in [-0.25, -0.2) is 0 Å². The zero-order chi connectivity index (χ0) is 16.2. The second kappa shape index (κ2) is 7.09. The molecule has 4 heteroatoms. The van der Waals surface area contributed by atoms with Gasteiger partial charge >= 0.3 is 0 Å². The normalized spacial score (nSPS) is 15.8. The van der Waals surface area contributed by atoms with Crippen molar-refractivity contribution in [1.82, 2.24) is 5.32 Å². The van der Waals surface area contributed by atoms with Gasteiger partial charge < -0.3 is 10.1 Å². The second-order valence-corrected chi connectivity index (χ2v) is 6.97. The highest BCUT2D eigenvalue weighted by Crippen LogP contribution is 2.28. The van der Waals surface area contributed by atoms with Crippen LogP contribution in [0.3, 0.4) is 0 Å². The van der Waals surface area contributed by atoms with E-state index >= 15 is 0 Å². The molecule has 0 bridgehead atoms. The number of thioether (sulfide) groups is 1. The molecular weight excluding hydrogens is 306 g/mol. The van der Waals surface area contributed by atoms with E-state index in [1.165, 1.54) is 16.0 Å². The monoisotopic (exact) mass is 327 g/mol. The lowest BCUT2D eigenvalue weighted by Crippen LogP contribution is -2.38. The summed E-state index contributed by atoms with van der Waals surface area (Å²) >= 11 is 1.76. The standard InChI is InChI=1S/C19H21NO2S/c1-13-7-8-16(11-14(13)2)23-10-9-20-19(21)18-12-15-5-3-4-6-17(15)22-18/h3-8,11,18H,9-10,12H2,1-2H3,(H,20,21). The lowest BCUT2D eigenvalue weighted by Gasteiger charge is -2.11. The third kappa shape index (κ3) is 3.88. The van der Waals surface area contributed by atoms with Crippen molar-refractivity contribution in [2.24, 2.45) is 0 Å². The van der Waals surface area contributed by atoms with Crippen LogP contribution in [0.4, 0.5) is 0 Å². The van der Waals surface area contributed by atoms with Crippen LogP contribution in [-0.2, 0) is 11.2 Å². The van der Waals surface area contributed by atoms with Crippen LogP contribution < -0.4 is 10.1 Å². The Balaban J connectivity index is 1.43. The lowest BCUT2D eigenvalue weighted by atomic mass is 10.1. The molecular formula is C19H21NO2S. The zero-order valence-electron chi connectivity index (χ0n) is 13.5. The fourth-order valence-electron chi connectivity index (χ4n) is 2.59. The number of aryl methyl sites for hydroxylation is 2. The Labute approximate surface area is 141 Å². The molecule has 1 aliphatic rings. The first-order valence-corrected chi connectivity index (χ1v) is 8.84. The Morgan fingerprint density at radius 3 is 2.83 bits per heavy atom. The Bertz CT molecular complexity index is 689. The van der Waals surface area contributed by atoms with E-state index in [1.54, 1.807) is 11.8 Å². The van der Waals surface area contributed by atoms with Crippen molar-refractivity contribution < 1.29 is 9.53 Å². The molecule has 3 nitrogen and oxygen atoms in total. The fourth-order valence-corrected chi connectivity index (χ4v) is 3.45. The Morgan fingerprint density at radius 2 is 2.04 bits per heavy atom. The summed E-state index contributed by atoms with van der Waals surface area (Å²) in [5, 5.41) is 2.97. The Hall–Kier alpha value is -1.94. The van der Waals surface area contributed by atoms with Gasteiger partial charge in [0.05, 0.1) is 0 Å². The van der Waals surface area contributed by atoms with Crippen LogP contribution >= 0.6 is 11.8 Å². The molecule has 23 heavy (non-hydrogen) atoms. The highest BCUT2D eigenvalue weighted by molar-refractivity contribution is 7.99. The molecule has 1 amide bonds. The van der Waals surface area contributed by atoms with E-state index in [0.29, 0.717) is 13.0 Å². The summed E-state index contributed by atoms with van der Waals surface area (Å²) in [6, 6.07) is 14.3. The number of fused-ring (bicyclic) bond motifs is 1. The molecule has 0 aliphatic carbocycles. The first kappa shape index (κ1) is 15.9. The van der Waals surface area contributed by atoms with E-state index in [4.69, 9.17) is 4.74 Å². The van der Waals surface area contributed by atoms with Gasteiger partial charge in [-0.3, -0.25) is 4.79 Å². The predicted molar refractivity (Wildman–Crippen MR) is 94.2 cm³/mol. The van der Waals surface area contributed by atoms with Crippen LogP contribution in [0.2, 0.25) is 0 Å². The first-order valence-electron chi connectivity index (χ1n) is 7.86. The van der Waals surface area contributed by atoms with Gasteiger partial charge in [-0.15, -0.1) is 11.8 Å². The first-order chi connectivity index (χ1) is 11.1. The Morgan fingerprint density at radius 1 is 1.22 bits per heavy atom. The average Bonchev–Trinajstić information content (AvgIpc) is 2.99. The molecule has 1 heterocycles. The van der Waals surface area contributed by atoms with Crippen LogP contribution in [0.5, 0.6) is 5.75 Å². The minimum Gasteiger partial charge on any atom is -0.480 e. The molecule has 1 N–H and O–H groups in total. The molecule has 3 rings (SSSR count). The summed E-state index contributed by atoms with van der Waals surface area (Å²) in [7, 11) is 0. The van der Waals surface area contributed by atoms with Crippen molar-refractivity contribution in [3.05, 3.63) is 59.2 Å². The molecule has 120 valence electrons. The largest absolute Gasteiger partial charge is 0.480 e. The van der Waals surface area contributed by atoms with Gasteiger partial charge in [-0.05, 0) is 48.7 Å². The summed E-state index contributed by atoms with van der Waals surface area (Å²) in [5.74, 6) is 1.66. The maximum absolute atomic E-state index is 12.2. The van der Waals surface area contributed by atoms with Gasteiger partial charge in [0.2, 0.25) is 0 Å². The number of nitrogens with one attached hydrogen (secondary N) is 1. The minimum atomic E-state index is -0.390. The number of hydrogen-bond acceptors (Lipinski definition) is 3. The number of para-hydroxylation sites is 1. The van der Waals surface area contributed by atoms with Gasteiger partial charge in [0, 0.05) is 23.6 Å². The summed E-state index contributed by atoms with van der Waals surface area (Å²) in [5.41, 5.74) is 3.72. The van der Waals surface area contributed by atoms with Crippen molar-refractivity contribution >= 4 is 17.7 Å². The van der Waals surface area contributed by atoms with E-state index in [0.717, 1.165) is 17.1 Å². The van der Waals surface area contributed by atoms with Crippen LogP contribution in [0, 0.1) is 13.8 Å². The topological polar surface area (TPSA) is 38.3 Å². The number of benzene rings is 2. The summed E-state index contributed by atoms with van der Waals surface area (Å²) in [4.78, 5) is 13.4. The minimum absolute atomic E-state index is 0.0260. The molecule has 0 spiro atoms. The number of carbonyl (C=O) groups is 1. The van der Waals surface area contributed by atoms with Gasteiger partial charge in [0.25, 0.3) is 5.91 Å². The lowest BCUT2D eigenvalue weighted by molar-refractivity contribution is -0.127. The van der Waals surface area contributed by atoms with Crippen LogP contribution in [0.15, 0.2) is 47.4 Å². The van der Waals surface area contributed by atoms with E-state index in [1.807, 2.05) is 24.3 Å². The molecule has 2 aromatic carbocycles. The molecule has 0 radical (unpaired) electrons. The molecule has 1 aliphatic heterocycles. The van der Waals surface area contributed by atoms with Gasteiger partial charge in [-0.2, -0.15) is 0 Å². The number of amides is 1. The zero-order valence-corrected chi connectivity index (χ0v) is 14.3. The van der Waals surface area contributed by atoms with Gasteiger partial charge in [0.15, 0.2) is 6.10 Å². The Kier molecular flexibility index (Phi) is 4.91. The summed E-state index contributed by atoms with van der Waals surface area (Å²) < 4.78 is 5.69. The van der Waals surface area contributed by atoms with Crippen LogP contribution in [0.1, 0.15) is 16.7 Å². The van der Waals surface area contributed by atoms with Crippen molar-refractivity contribution in [3.63, 3.8) is 0 Å². The van der Waals surface area contributed by atoms with Crippen LogP contribution in [-0.4, -0.2) is 24.3 Å². The molecule has 2 aromatic rings. The van der Waals surface area contributed by atoms with Gasteiger partial charge in [-0.1, -0.05) is 24.3 Å². The number of rotatable bonds is 5. The van der Waals surface area contributed by atoms with Crippen molar-refractivity contribution in [2.45, 2.75) is 31.3 Å². The smallest absolute Gasteiger partial charge is 0.261 e. The summed E-state index contributed by atoms with van der Waals surface area (Å²) in [6.45, 7) is 4.88. The number of ether oxygens (including phenoxy) is 1. The SMILES string of the molecule is Cc1ccc(SCCNC(=O)C2Cc3ccccc3O2)cc1C. The van der Waals surface area contributed by atoms with Crippen molar-refractivity contribution in [1.29, 1.82) is 0 Å². The predicted octanol–water partition coefficient (Wildman–Crippen LogP) is 3.52. The van der Waals surface area contributed by atoms with E-state index < -0.39 is 0 Å². The maximum atomic E-state index is 12.2. The van der Waals surface area contributed by atoms with E-state index in [-0.39, 0.29) is 12.0 Å². The number of hydrogen-bond donors (Lipinski definition) is 1. The van der Waals surface area contributed by atoms with Crippen molar-refractivity contribution in [3.8, 4) is 5.75 Å². The van der Waals surface area contributed by atoms with Crippen molar-refractivity contribution in [2.75, 3.05) is 12.3 Å². The third-order valence-corrected chi connectivity index (χ3v) is 5.08. The molecule has 0 saturated carbocycles.